The highest BCUT2D eigenvalue weighted by Gasteiger charge is 2.33. The van der Waals surface area contributed by atoms with Crippen LogP contribution in [0.3, 0.4) is 0 Å². The molecule has 4 rings (SSSR count). The Morgan fingerprint density at radius 3 is 2.65 bits per heavy atom. The monoisotopic (exact) mass is 487 g/mol. The zero-order chi connectivity index (χ0) is 22.3. The fourth-order valence-corrected chi connectivity index (χ4v) is 3.69. The van der Waals surface area contributed by atoms with E-state index in [0.717, 1.165) is 0 Å². The van der Waals surface area contributed by atoms with Gasteiger partial charge in [0.15, 0.2) is 0 Å². The molecule has 9 heteroatoms. The summed E-state index contributed by atoms with van der Waals surface area (Å²) in [5, 5.41) is 30.1. The van der Waals surface area contributed by atoms with Gasteiger partial charge in [-0.2, -0.15) is 0 Å². The predicted molar refractivity (Wildman–Crippen MR) is 114 cm³/mol. The molecule has 1 heterocycles. The third kappa shape index (κ3) is 3.79. The molecule has 4 N–H and O–H groups in total. The second kappa shape index (κ2) is 7.92. The number of aromatic carboxylic acids is 1. The maximum atomic E-state index is 13.5. The van der Waals surface area contributed by atoms with Gasteiger partial charge in [0.2, 0.25) is 5.08 Å². The van der Waals surface area contributed by atoms with Crippen molar-refractivity contribution in [3.8, 4) is 11.5 Å². The number of nitrogens with one attached hydrogen (secondary N) is 1. The molecule has 1 aliphatic heterocycles. The third-order valence-corrected chi connectivity index (χ3v) is 5.26. The molecule has 0 saturated carbocycles. The number of rotatable bonds is 4. The zero-order valence-electron chi connectivity index (χ0n) is 15.7. The van der Waals surface area contributed by atoms with Crippen LogP contribution in [0.5, 0.6) is 11.5 Å². The number of aromatic hydroxyl groups is 1. The lowest BCUT2D eigenvalue weighted by atomic mass is 9.83. The lowest BCUT2D eigenvalue weighted by Gasteiger charge is -2.31. The Balaban J connectivity index is 2.04. The Labute approximate surface area is 183 Å². The van der Waals surface area contributed by atoms with E-state index in [1.807, 2.05) is 0 Å². The van der Waals surface area contributed by atoms with Gasteiger partial charge in [-0.15, -0.1) is 0 Å². The molecule has 0 bridgehead atoms. The average molecular weight is 488 g/mol. The first-order valence-corrected chi connectivity index (χ1v) is 9.96. The maximum absolute atomic E-state index is 13.5. The number of carboxylic acids is 1. The van der Waals surface area contributed by atoms with E-state index in [2.05, 4.69) is 21.2 Å². The third-order valence-electron chi connectivity index (χ3n) is 4.84. The van der Waals surface area contributed by atoms with Gasteiger partial charge in [-0.25, -0.2) is 9.18 Å². The minimum Gasteiger partial charge on any atom is -0.508 e. The highest BCUT2D eigenvalue weighted by molar-refractivity contribution is 9.09. The van der Waals surface area contributed by atoms with Gasteiger partial charge in [-0.05, 0) is 46.3 Å². The molecule has 2 unspecified atom stereocenters. The van der Waals surface area contributed by atoms with Crippen molar-refractivity contribution in [2.75, 3.05) is 5.32 Å². The number of phenols is 1. The van der Waals surface area contributed by atoms with E-state index in [1.165, 1.54) is 42.5 Å². The summed E-state index contributed by atoms with van der Waals surface area (Å²) < 4.78 is 19.4. The largest absolute Gasteiger partial charge is 0.508 e. The van der Waals surface area contributed by atoms with Crippen molar-refractivity contribution < 1.29 is 34.0 Å². The smallest absolute Gasteiger partial charge is 0.336 e. The molecule has 2 atom stereocenters. The van der Waals surface area contributed by atoms with E-state index in [0.29, 0.717) is 16.7 Å². The first-order valence-electron chi connectivity index (χ1n) is 9.05. The second-order valence-electron chi connectivity index (χ2n) is 6.80. The number of carboxylic acid groups (broad SMARTS) is 1. The summed E-state index contributed by atoms with van der Waals surface area (Å²) in [6.07, 6.45) is 3.67. The normalized spacial score (nSPS) is 17.7. The minimum atomic E-state index is -1.99. The Morgan fingerprint density at radius 2 is 1.94 bits per heavy atom. The van der Waals surface area contributed by atoms with Crippen LogP contribution in [0.1, 0.15) is 21.5 Å². The molecule has 1 amide bonds. The lowest BCUT2D eigenvalue weighted by molar-refractivity contribution is -0.117. The molecule has 0 fully saturated rings. The lowest BCUT2D eigenvalue weighted by Crippen LogP contribution is -2.26. The number of ether oxygens (including phenoxy) is 1. The van der Waals surface area contributed by atoms with Gasteiger partial charge in [0.05, 0.1) is 5.56 Å². The van der Waals surface area contributed by atoms with Crippen LogP contribution >= 0.6 is 15.9 Å². The number of phenolic OH excluding ortho intramolecular Hbond substituents is 1. The first-order chi connectivity index (χ1) is 14.8. The topological polar surface area (TPSA) is 116 Å². The van der Waals surface area contributed by atoms with E-state index in [4.69, 9.17) is 4.74 Å². The van der Waals surface area contributed by atoms with Crippen LogP contribution in [0.15, 0.2) is 66.0 Å². The molecule has 0 radical (unpaired) electrons. The molecule has 0 spiro atoms. The van der Waals surface area contributed by atoms with Gasteiger partial charge in [0.25, 0.3) is 5.91 Å². The molecule has 2 aliphatic rings. The summed E-state index contributed by atoms with van der Waals surface area (Å²) in [6.45, 7) is 0. The van der Waals surface area contributed by atoms with E-state index in [-0.39, 0.29) is 34.1 Å². The maximum Gasteiger partial charge on any atom is 0.336 e. The fourth-order valence-electron chi connectivity index (χ4n) is 3.57. The minimum absolute atomic E-state index is 0.0451. The summed E-state index contributed by atoms with van der Waals surface area (Å²) in [7, 11) is 0. The van der Waals surface area contributed by atoms with Crippen molar-refractivity contribution >= 4 is 39.1 Å². The Hall–Kier alpha value is -3.59. The number of fused-ring (bicyclic) bond motifs is 2. The van der Waals surface area contributed by atoms with Crippen LogP contribution < -0.4 is 10.1 Å². The van der Waals surface area contributed by atoms with E-state index in [9.17, 15) is 29.3 Å². The number of halogens is 2. The van der Waals surface area contributed by atoms with E-state index < -0.39 is 23.1 Å². The SMILES string of the molecule is O=C(O)c1cccc(NC(=O)C(F)Br)c1C1=C2C=CC(O)=CC2Oc2cc(O)ccc21. The summed E-state index contributed by atoms with van der Waals surface area (Å²) in [4.78, 5) is 24.1. The summed E-state index contributed by atoms with van der Waals surface area (Å²) in [6, 6.07) is 8.61. The quantitative estimate of drug-likeness (QED) is 0.478. The van der Waals surface area contributed by atoms with E-state index in [1.54, 1.807) is 12.1 Å². The Morgan fingerprint density at radius 1 is 1.16 bits per heavy atom. The number of allylic oxidation sites excluding steroid dienone is 1. The molecular formula is C22H15BrFNO6. The standard InChI is InChI=1S/C22H15BrFNO6/c23-20(24)21(28)25-15-3-1-2-14(22(29)30)19(15)18-12-6-4-10(26)8-16(12)31-17-9-11(27)5-7-13(17)18/h1-9,16,20,26-27H,(H,25,28)(H,29,30). The number of benzene rings is 2. The van der Waals surface area contributed by atoms with E-state index >= 15 is 0 Å². The van der Waals surface area contributed by atoms with Gasteiger partial charge in [-0.3, -0.25) is 4.79 Å². The van der Waals surface area contributed by atoms with Crippen LogP contribution in [-0.2, 0) is 4.79 Å². The van der Waals surface area contributed by atoms with Crippen molar-refractivity contribution in [1.82, 2.24) is 0 Å². The number of anilines is 1. The van der Waals surface area contributed by atoms with Crippen molar-refractivity contribution in [1.29, 1.82) is 0 Å². The molecule has 0 saturated heterocycles. The number of carbonyl (C=O) groups excluding carboxylic acids is 1. The van der Waals surface area contributed by atoms with Crippen molar-refractivity contribution in [2.24, 2.45) is 0 Å². The molecule has 1 aliphatic carbocycles. The molecule has 31 heavy (non-hydrogen) atoms. The number of alkyl halides is 2. The van der Waals surface area contributed by atoms with Crippen LogP contribution in [0.2, 0.25) is 0 Å². The Bertz CT molecular complexity index is 1200. The summed E-state index contributed by atoms with van der Waals surface area (Å²) in [5.74, 6) is -2.11. The van der Waals surface area contributed by atoms with Gasteiger partial charge >= 0.3 is 5.97 Å². The van der Waals surface area contributed by atoms with Crippen LogP contribution in [0.25, 0.3) is 5.57 Å². The van der Waals surface area contributed by atoms with Crippen LogP contribution in [-0.4, -0.2) is 38.4 Å². The Kier molecular flexibility index (Phi) is 5.28. The summed E-state index contributed by atoms with van der Waals surface area (Å²) >= 11 is 2.56. The highest BCUT2D eigenvalue weighted by atomic mass is 79.9. The average Bonchev–Trinajstić information content (AvgIpc) is 2.71. The second-order valence-corrected chi connectivity index (χ2v) is 7.60. The number of aliphatic hydroxyl groups excluding tert-OH is 1. The molecule has 2 aromatic rings. The molecular weight excluding hydrogens is 473 g/mol. The predicted octanol–water partition coefficient (Wildman–Crippen LogP) is 4.29. The van der Waals surface area contributed by atoms with Crippen molar-refractivity contribution in [3.05, 3.63) is 82.6 Å². The number of hydrogen-bond donors (Lipinski definition) is 4. The molecule has 2 aromatic carbocycles. The van der Waals surface area contributed by atoms with Crippen molar-refractivity contribution in [3.63, 3.8) is 0 Å². The van der Waals surface area contributed by atoms with Gasteiger partial charge in [0, 0.05) is 40.1 Å². The number of aliphatic hydroxyl groups is 1. The van der Waals surface area contributed by atoms with Gasteiger partial charge in [0.1, 0.15) is 23.4 Å². The van der Waals surface area contributed by atoms with Crippen molar-refractivity contribution in [2.45, 2.75) is 11.2 Å². The summed E-state index contributed by atoms with van der Waals surface area (Å²) in [5.41, 5.74) is 1.49. The molecule has 7 nitrogen and oxygen atoms in total. The van der Waals surface area contributed by atoms with Crippen LogP contribution in [0, 0.1) is 0 Å². The van der Waals surface area contributed by atoms with Crippen LogP contribution in [0.4, 0.5) is 10.1 Å². The first kappa shape index (κ1) is 20.7. The molecule has 158 valence electrons. The number of hydrogen-bond acceptors (Lipinski definition) is 5. The zero-order valence-corrected chi connectivity index (χ0v) is 17.3. The highest BCUT2D eigenvalue weighted by Crippen LogP contribution is 2.46. The molecule has 0 aromatic heterocycles. The fraction of sp³-hybridized carbons (Fsp3) is 0.0909. The van der Waals surface area contributed by atoms with Gasteiger partial charge < -0.3 is 25.4 Å². The number of amides is 1. The van der Waals surface area contributed by atoms with Gasteiger partial charge in [-0.1, -0.05) is 12.1 Å². The number of carbonyl (C=O) groups is 2.